The maximum Gasteiger partial charge on any atom is 0.336 e. The Morgan fingerprint density at radius 1 is 1.48 bits per heavy atom. The Labute approximate surface area is 148 Å². The van der Waals surface area contributed by atoms with Crippen molar-refractivity contribution in [3.05, 3.63) is 47.6 Å². The van der Waals surface area contributed by atoms with Crippen molar-refractivity contribution in [2.24, 2.45) is 11.3 Å². The smallest absolute Gasteiger partial charge is 0.336 e. The molecule has 25 heavy (non-hydrogen) atoms. The first-order valence-corrected chi connectivity index (χ1v) is 8.61. The number of aliphatic carboxylic acids is 1. The predicted molar refractivity (Wildman–Crippen MR) is 94.5 cm³/mol. The maximum atomic E-state index is 11.7. The minimum atomic E-state index is -1.13. The highest BCUT2D eigenvalue weighted by molar-refractivity contribution is 5.92. The second-order valence-electron chi connectivity index (χ2n) is 7.20. The largest absolute Gasteiger partial charge is 0.478 e. The van der Waals surface area contributed by atoms with Gasteiger partial charge in [-0.15, -0.1) is 0 Å². The first-order valence-electron chi connectivity index (χ1n) is 8.61. The van der Waals surface area contributed by atoms with Crippen LogP contribution in [0.1, 0.15) is 46.0 Å². The highest BCUT2D eigenvalue weighted by atomic mass is 16.6. The van der Waals surface area contributed by atoms with Gasteiger partial charge in [-0.1, -0.05) is 32.6 Å². The monoisotopic (exact) mass is 346 g/mol. The molecule has 0 aromatic carbocycles. The molecule has 3 atom stereocenters. The third-order valence-corrected chi connectivity index (χ3v) is 5.46. The molecule has 2 N–H and O–H groups in total. The van der Waals surface area contributed by atoms with Crippen molar-refractivity contribution in [3.8, 4) is 0 Å². The van der Waals surface area contributed by atoms with Crippen LogP contribution >= 0.6 is 0 Å². The Hall–Kier alpha value is -2.14. The zero-order chi connectivity index (χ0) is 18.6. The van der Waals surface area contributed by atoms with Gasteiger partial charge in [0.2, 0.25) is 6.29 Å². The molecule has 0 radical (unpaired) electrons. The second-order valence-corrected chi connectivity index (χ2v) is 7.20. The van der Waals surface area contributed by atoms with Crippen LogP contribution in [-0.2, 0) is 14.3 Å². The molecular weight excluding hydrogens is 320 g/mol. The molecule has 1 heterocycles. The number of cyclic esters (lactones) is 1. The number of aliphatic hydroxyl groups is 1. The molecule has 0 saturated heterocycles. The molecule has 0 aromatic heterocycles. The minimum absolute atomic E-state index is 0.0417. The summed E-state index contributed by atoms with van der Waals surface area (Å²) in [4.78, 5) is 23.0. The lowest BCUT2D eigenvalue weighted by Crippen LogP contribution is -2.26. The molecule has 0 amide bonds. The van der Waals surface area contributed by atoms with E-state index >= 15 is 0 Å². The van der Waals surface area contributed by atoms with Gasteiger partial charge in [-0.25, -0.2) is 9.59 Å². The zero-order valence-electron chi connectivity index (χ0n) is 14.8. The quantitative estimate of drug-likeness (QED) is 0.761. The first kappa shape index (κ1) is 19.2. The molecule has 0 fully saturated rings. The lowest BCUT2D eigenvalue weighted by Gasteiger charge is -2.36. The SMILES string of the molecule is C=C1CC[C@@H](C)[C@](C)(CCC2=C[C@@H](O)OC2=O)C/C=C\C=C/1C(=O)O. The molecule has 2 aliphatic rings. The molecule has 0 bridgehead atoms. The summed E-state index contributed by atoms with van der Waals surface area (Å²) in [7, 11) is 0. The highest BCUT2D eigenvalue weighted by Crippen LogP contribution is 2.41. The van der Waals surface area contributed by atoms with Crippen LogP contribution in [-0.4, -0.2) is 28.4 Å². The molecule has 0 spiro atoms. The van der Waals surface area contributed by atoms with Crippen LogP contribution in [0.15, 0.2) is 47.6 Å². The standard InChI is InChI=1S/C20H26O5/c1-13-7-8-14(2)20(3,10-5-4-6-16(13)18(22)23)11-9-15-12-17(21)25-19(15)24/h4-6,12,14,17,21H,1,7-11H2,2-3H3,(H,22,23)/b5-4-,16-6+/t14-,17+,20+/m1/s1. The van der Waals surface area contributed by atoms with Crippen LogP contribution in [0.4, 0.5) is 0 Å². The lowest BCUT2D eigenvalue weighted by molar-refractivity contribution is -0.151. The van der Waals surface area contributed by atoms with Gasteiger partial charge < -0.3 is 14.9 Å². The Balaban J connectivity index is 2.13. The Kier molecular flexibility index (Phi) is 6.01. The van der Waals surface area contributed by atoms with E-state index in [2.05, 4.69) is 20.4 Å². The zero-order valence-corrected chi connectivity index (χ0v) is 14.8. The number of carboxylic acid groups (broad SMARTS) is 1. The molecule has 1 aliphatic carbocycles. The van der Waals surface area contributed by atoms with Crippen molar-refractivity contribution in [3.63, 3.8) is 0 Å². The summed E-state index contributed by atoms with van der Waals surface area (Å²) in [6.07, 6.45) is 9.30. The van der Waals surface area contributed by atoms with Gasteiger partial charge in [0.1, 0.15) is 0 Å². The topological polar surface area (TPSA) is 83.8 Å². The summed E-state index contributed by atoms with van der Waals surface area (Å²) in [5.41, 5.74) is 1.39. The molecule has 0 saturated carbocycles. The van der Waals surface area contributed by atoms with Crippen LogP contribution in [0.3, 0.4) is 0 Å². The van der Waals surface area contributed by atoms with Crippen LogP contribution in [0, 0.1) is 11.3 Å². The van der Waals surface area contributed by atoms with Crippen molar-refractivity contribution in [2.75, 3.05) is 0 Å². The Morgan fingerprint density at radius 3 is 2.80 bits per heavy atom. The fourth-order valence-corrected chi connectivity index (χ4v) is 3.33. The number of esters is 1. The summed E-state index contributed by atoms with van der Waals surface area (Å²) >= 11 is 0. The molecule has 5 nitrogen and oxygen atoms in total. The van der Waals surface area contributed by atoms with Gasteiger partial charge in [-0.3, -0.25) is 0 Å². The summed E-state index contributed by atoms with van der Waals surface area (Å²) in [6, 6.07) is 0. The first-order chi connectivity index (χ1) is 11.7. The molecule has 0 aromatic rings. The second kappa shape index (κ2) is 7.83. The van der Waals surface area contributed by atoms with Gasteiger partial charge in [0, 0.05) is 5.57 Å². The van der Waals surface area contributed by atoms with Crippen molar-refractivity contribution < 1.29 is 24.5 Å². The molecule has 1 aliphatic heterocycles. The van der Waals surface area contributed by atoms with E-state index in [-0.39, 0.29) is 11.0 Å². The van der Waals surface area contributed by atoms with E-state index in [1.165, 1.54) is 6.08 Å². The van der Waals surface area contributed by atoms with E-state index < -0.39 is 18.2 Å². The molecule has 136 valence electrons. The van der Waals surface area contributed by atoms with Gasteiger partial charge >= 0.3 is 11.9 Å². The summed E-state index contributed by atoms with van der Waals surface area (Å²) < 4.78 is 4.74. The summed E-state index contributed by atoms with van der Waals surface area (Å²) in [6.45, 7) is 8.26. The third kappa shape index (κ3) is 4.69. The van der Waals surface area contributed by atoms with E-state index in [9.17, 15) is 19.8 Å². The van der Waals surface area contributed by atoms with E-state index in [1.54, 1.807) is 12.2 Å². The van der Waals surface area contributed by atoms with Gasteiger partial charge in [-0.05, 0) is 61.2 Å². The van der Waals surface area contributed by atoms with Crippen molar-refractivity contribution in [1.82, 2.24) is 0 Å². The summed E-state index contributed by atoms with van der Waals surface area (Å²) in [5, 5.41) is 18.7. The number of hydrogen-bond acceptors (Lipinski definition) is 4. The van der Waals surface area contributed by atoms with Crippen molar-refractivity contribution in [1.29, 1.82) is 0 Å². The fourth-order valence-electron chi connectivity index (χ4n) is 3.33. The fraction of sp³-hybridized carbons (Fsp3) is 0.500. The number of aliphatic hydroxyl groups excluding tert-OH is 1. The predicted octanol–water partition coefficient (Wildman–Crippen LogP) is 3.52. The number of ether oxygens (including phenoxy) is 1. The number of hydrogen-bond donors (Lipinski definition) is 2. The molecular formula is C20H26O5. The number of carboxylic acids is 1. The lowest BCUT2D eigenvalue weighted by atomic mass is 9.69. The Morgan fingerprint density at radius 2 is 2.20 bits per heavy atom. The number of carbonyl (C=O) groups excluding carboxylic acids is 1. The van der Waals surface area contributed by atoms with Crippen molar-refractivity contribution in [2.45, 2.75) is 52.2 Å². The van der Waals surface area contributed by atoms with Crippen LogP contribution < -0.4 is 0 Å². The number of allylic oxidation sites excluding steroid dienone is 3. The van der Waals surface area contributed by atoms with Gasteiger partial charge in [-0.2, -0.15) is 0 Å². The average Bonchev–Trinajstić information content (AvgIpc) is 2.87. The Bertz CT molecular complexity index is 655. The van der Waals surface area contributed by atoms with E-state index in [4.69, 9.17) is 4.74 Å². The van der Waals surface area contributed by atoms with Gasteiger partial charge in [0.15, 0.2) is 0 Å². The average molecular weight is 346 g/mol. The van der Waals surface area contributed by atoms with E-state index in [1.807, 2.05) is 6.08 Å². The van der Waals surface area contributed by atoms with Gasteiger partial charge in [0.05, 0.1) is 5.57 Å². The maximum absolute atomic E-state index is 11.7. The molecule has 2 rings (SSSR count). The third-order valence-electron chi connectivity index (χ3n) is 5.46. The molecule has 0 unspecified atom stereocenters. The van der Waals surface area contributed by atoms with Crippen LogP contribution in [0.2, 0.25) is 0 Å². The highest BCUT2D eigenvalue weighted by Gasteiger charge is 2.32. The van der Waals surface area contributed by atoms with Crippen LogP contribution in [0.25, 0.3) is 0 Å². The number of carbonyl (C=O) groups is 2. The number of rotatable bonds is 4. The minimum Gasteiger partial charge on any atom is -0.478 e. The van der Waals surface area contributed by atoms with E-state index in [0.717, 1.165) is 19.3 Å². The summed E-state index contributed by atoms with van der Waals surface area (Å²) in [5.74, 6) is -1.07. The van der Waals surface area contributed by atoms with E-state index in [0.29, 0.717) is 29.9 Å². The molecule has 5 heteroatoms. The van der Waals surface area contributed by atoms with Gasteiger partial charge in [0.25, 0.3) is 0 Å². The van der Waals surface area contributed by atoms with Crippen molar-refractivity contribution >= 4 is 11.9 Å². The normalized spacial score (nSPS) is 33.9. The van der Waals surface area contributed by atoms with Crippen LogP contribution in [0.5, 0.6) is 0 Å².